The first kappa shape index (κ1) is 12.6. The van der Waals surface area contributed by atoms with Gasteiger partial charge in [-0.05, 0) is 12.8 Å². The Kier molecular flexibility index (Phi) is 3.50. The Morgan fingerprint density at radius 1 is 1.47 bits per heavy atom. The molecular weight excluding hydrogens is 244 g/mol. The first-order chi connectivity index (χ1) is 9.29. The third kappa shape index (κ3) is 2.36. The highest BCUT2D eigenvalue weighted by Crippen LogP contribution is 2.33. The van der Waals surface area contributed by atoms with Crippen LogP contribution in [0, 0.1) is 5.92 Å². The van der Waals surface area contributed by atoms with E-state index >= 15 is 0 Å². The molecule has 1 saturated heterocycles. The summed E-state index contributed by atoms with van der Waals surface area (Å²) < 4.78 is 7.10. The van der Waals surface area contributed by atoms with Gasteiger partial charge >= 0.3 is 0 Å². The first-order valence-electron chi connectivity index (χ1n) is 6.95. The zero-order chi connectivity index (χ0) is 13.2. The van der Waals surface area contributed by atoms with Crippen molar-refractivity contribution in [3.8, 4) is 0 Å². The molecule has 1 aliphatic heterocycles. The maximum atomic E-state index is 12.0. The van der Waals surface area contributed by atoms with E-state index in [9.17, 15) is 4.79 Å². The quantitative estimate of drug-likeness (QED) is 0.783. The molecule has 2 heterocycles. The summed E-state index contributed by atoms with van der Waals surface area (Å²) in [5.41, 5.74) is 0. The number of hydrogen-bond acceptors (Lipinski definition) is 4. The standard InChI is InChI=1S/C13H20N4O2/c1-19-6-5-16-9-14-15-12(16)11-7-17(8-11)13(18)10-3-2-4-10/h9-11H,2-8H2,1H3. The number of nitrogens with zero attached hydrogens (tertiary/aromatic N) is 4. The minimum atomic E-state index is 0.298. The van der Waals surface area contributed by atoms with Crippen LogP contribution in [0.3, 0.4) is 0 Å². The fourth-order valence-electron chi connectivity index (χ4n) is 2.68. The number of carbonyl (C=O) groups is 1. The zero-order valence-corrected chi connectivity index (χ0v) is 11.3. The van der Waals surface area contributed by atoms with Gasteiger partial charge in [0.05, 0.1) is 12.5 Å². The van der Waals surface area contributed by atoms with Gasteiger partial charge in [0.2, 0.25) is 5.91 Å². The van der Waals surface area contributed by atoms with Crippen LogP contribution in [0.5, 0.6) is 0 Å². The summed E-state index contributed by atoms with van der Waals surface area (Å²) in [5.74, 6) is 1.95. The number of hydrogen-bond donors (Lipinski definition) is 0. The molecular formula is C13H20N4O2. The van der Waals surface area contributed by atoms with Gasteiger partial charge in [-0.2, -0.15) is 0 Å². The van der Waals surface area contributed by atoms with Crippen LogP contribution in [0.1, 0.15) is 31.0 Å². The molecule has 0 aromatic carbocycles. The van der Waals surface area contributed by atoms with E-state index in [1.165, 1.54) is 6.42 Å². The molecule has 1 aromatic rings. The van der Waals surface area contributed by atoms with E-state index in [-0.39, 0.29) is 0 Å². The Labute approximate surface area is 112 Å². The topological polar surface area (TPSA) is 60.2 Å². The number of amides is 1. The van der Waals surface area contributed by atoms with Crippen molar-refractivity contribution in [3.05, 3.63) is 12.2 Å². The van der Waals surface area contributed by atoms with Gasteiger partial charge in [-0.3, -0.25) is 4.79 Å². The lowest BCUT2D eigenvalue weighted by Crippen LogP contribution is -2.52. The van der Waals surface area contributed by atoms with Gasteiger partial charge in [0.15, 0.2) is 0 Å². The second-order valence-electron chi connectivity index (χ2n) is 5.44. The third-order valence-corrected chi connectivity index (χ3v) is 4.19. The van der Waals surface area contributed by atoms with Gasteiger partial charge in [-0.25, -0.2) is 0 Å². The monoisotopic (exact) mass is 264 g/mol. The van der Waals surface area contributed by atoms with Crippen LogP contribution < -0.4 is 0 Å². The lowest BCUT2D eigenvalue weighted by atomic mass is 9.83. The number of rotatable bonds is 5. The molecule has 2 aliphatic rings. The van der Waals surface area contributed by atoms with E-state index in [0.717, 1.165) is 38.3 Å². The smallest absolute Gasteiger partial charge is 0.225 e. The molecule has 0 spiro atoms. The highest BCUT2D eigenvalue weighted by Gasteiger charge is 2.38. The van der Waals surface area contributed by atoms with E-state index in [1.807, 2.05) is 9.47 Å². The molecule has 0 N–H and O–H groups in total. The summed E-state index contributed by atoms with van der Waals surface area (Å²) in [5, 5.41) is 8.15. The SMILES string of the molecule is COCCn1cnnc1C1CN(C(=O)C2CCC2)C1. The molecule has 0 bridgehead atoms. The third-order valence-electron chi connectivity index (χ3n) is 4.19. The van der Waals surface area contributed by atoms with Crippen molar-refractivity contribution < 1.29 is 9.53 Å². The fraction of sp³-hybridized carbons (Fsp3) is 0.769. The molecule has 1 aromatic heterocycles. The Bertz CT molecular complexity index is 449. The van der Waals surface area contributed by atoms with E-state index in [0.29, 0.717) is 24.3 Å². The number of carbonyl (C=O) groups excluding carboxylic acids is 1. The summed E-state index contributed by atoms with van der Waals surface area (Å²) in [6.07, 6.45) is 5.10. The van der Waals surface area contributed by atoms with Crippen molar-refractivity contribution in [1.29, 1.82) is 0 Å². The predicted octanol–water partition coefficient (Wildman–Crippen LogP) is 0.650. The molecule has 0 radical (unpaired) electrons. The van der Waals surface area contributed by atoms with Crippen LogP contribution in [0.25, 0.3) is 0 Å². The van der Waals surface area contributed by atoms with Crippen LogP contribution in [-0.2, 0) is 16.1 Å². The zero-order valence-electron chi connectivity index (χ0n) is 11.3. The first-order valence-corrected chi connectivity index (χ1v) is 6.95. The van der Waals surface area contributed by atoms with Crippen molar-refractivity contribution >= 4 is 5.91 Å². The lowest BCUT2D eigenvalue weighted by Gasteiger charge is -2.42. The van der Waals surface area contributed by atoms with Gasteiger partial charge in [-0.15, -0.1) is 10.2 Å². The van der Waals surface area contributed by atoms with Crippen molar-refractivity contribution in [1.82, 2.24) is 19.7 Å². The Morgan fingerprint density at radius 3 is 2.89 bits per heavy atom. The van der Waals surface area contributed by atoms with E-state index in [2.05, 4.69) is 10.2 Å². The second kappa shape index (κ2) is 5.28. The van der Waals surface area contributed by atoms with Crippen molar-refractivity contribution in [2.75, 3.05) is 26.8 Å². The fourth-order valence-corrected chi connectivity index (χ4v) is 2.68. The summed E-state index contributed by atoms with van der Waals surface area (Å²) in [6.45, 7) is 3.01. The Hall–Kier alpha value is -1.43. The molecule has 3 rings (SSSR count). The van der Waals surface area contributed by atoms with Crippen LogP contribution in [0.4, 0.5) is 0 Å². The van der Waals surface area contributed by atoms with Gasteiger partial charge in [-0.1, -0.05) is 6.42 Å². The van der Waals surface area contributed by atoms with Crippen LogP contribution >= 0.6 is 0 Å². The highest BCUT2D eigenvalue weighted by atomic mass is 16.5. The molecule has 6 nitrogen and oxygen atoms in total. The lowest BCUT2D eigenvalue weighted by molar-refractivity contribution is -0.142. The summed E-state index contributed by atoms with van der Waals surface area (Å²) >= 11 is 0. The molecule has 0 atom stereocenters. The average Bonchev–Trinajstić information content (AvgIpc) is 2.70. The number of aromatic nitrogens is 3. The minimum Gasteiger partial charge on any atom is -0.383 e. The Morgan fingerprint density at radius 2 is 2.26 bits per heavy atom. The number of methoxy groups -OCH3 is 1. The number of ether oxygens (including phenoxy) is 1. The molecule has 104 valence electrons. The molecule has 6 heteroatoms. The van der Waals surface area contributed by atoms with Gasteiger partial charge in [0, 0.05) is 32.7 Å². The summed E-state index contributed by atoms with van der Waals surface area (Å²) in [4.78, 5) is 14.0. The maximum Gasteiger partial charge on any atom is 0.225 e. The molecule has 19 heavy (non-hydrogen) atoms. The van der Waals surface area contributed by atoms with E-state index < -0.39 is 0 Å². The van der Waals surface area contributed by atoms with E-state index in [4.69, 9.17) is 4.74 Å². The van der Waals surface area contributed by atoms with Crippen LogP contribution in [0.2, 0.25) is 0 Å². The normalized spacial score (nSPS) is 20.2. The van der Waals surface area contributed by atoms with Crippen LogP contribution in [0.15, 0.2) is 6.33 Å². The summed E-state index contributed by atoms with van der Waals surface area (Å²) in [6, 6.07) is 0. The van der Waals surface area contributed by atoms with Gasteiger partial charge < -0.3 is 14.2 Å². The van der Waals surface area contributed by atoms with E-state index in [1.54, 1.807) is 13.4 Å². The molecule has 2 fully saturated rings. The van der Waals surface area contributed by atoms with Gasteiger partial charge in [0.25, 0.3) is 0 Å². The largest absolute Gasteiger partial charge is 0.383 e. The van der Waals surface area contributed by atoms with Crippen molar-refractivity contribution in [2.24, 2.45) is 5.92 Å². The second-order valence-corrected chi connectivity index (χ2v) is 5.44. The Balaban J connectivity index is 1.55. The number of likely N-dealkylation sites (tertiary alicyclic amines) is 1. The van der Waals surface area contributed by atoms with Crippen molar-refractivity contribution in [3.63, 3.8) is 0 Å². The summed E-state index contributed by atoms with van der Waals surface area (Å²) in [7, 11) is 1.69. The molecule has 1 amide bonds. The molecule has 0 unspecified atom stereocenters. The highest BCUT2D eigenvalue weighted by molar-refractivity contribution is 5.80. The predicted molar refractivity (Wildman–Crippen MR) is 68.6 cm³/mol. The maximum absolute atomic E-state index is 12.0. The minimum absolute atomic E-state index is 0.298. The van der Waals surface area contributed by atoms with Crippen molar-refractivity contribution in [2.45, 2.75) is 31.7 Å². The molecule has 1 aliphatic carbocycles. The van der Waals surface area contributed by atoms with Crippen LogP contribution in [-0.4, -0.2) is 52.4 Å². The average molecular weight is 264 g/mol. The van der Waals surface area contributed by atoms with Gasteiger partial charge in [0.1, 0.15) is 12.2 Å². The molecule has 1 saturated carbocycles.